The average Bonchev–Trinajstić information content (AvgIpc) is 3.26. The molecule has 0 saturated carbocycles. The molecule has 0 fully saturated rings. The number of amides is 1. The third-order valence-electron chi connectivity index (χ3n) is 5.71. The van der Waals surface area contributed by atoms with Crippen molar-refractivity contribution in [3.63, 3.8) is 0 Å². The van der Waals surface area contributed by atoms with Gasteiger partial charge in [-0.3, -0.25) is 9.78 Å². The summed E-state index contributed by atoms with van der Waals surface area (Å²) in [7, 11) is 1.59. The Morgan fingerprint density at radius 2 is 2.06 bits per heavy atom. The third-order valence-corrected chi connectivity index (χ3v) is 5.96. The molecule has 1 aromatic carbocycles. The number of benzene rings is 1. The number of hydrogen-bond donors (Lipinski definition) is 1. The van der Waals surface area contributed by atoms with E-state index in [0.29, 0.717) is 10.9 Å². The van der Waals surface area contributed by atoms with Gasteiger partial charge in [-0.25, -0.2) is 9.67 Å². The highest BCUT2D eigenvalue weighted by atomic mass is 35.5. The lowest BCUT2D eigenvalue weighted by Gasteiger charge is -2.21. The predicted molar refractivity (Wildman–Crippen MR) is 128 cm³/mol. The Morgan fingerprint density at radius 3 is 2.88 bits per heavy atom. The number of halogens is 1. The Balaban J connectivity index is 1.31. The van der Waals surface area contributed by atoms with Crippen molar-refractivity contribution in [2.75, 3.05) is 7.11 Å². The normalized spacial score (nSPS) is 15.5. The minimum Gasteiger partial charge on any atom is -0.481 e. The van der Waals surface area contributed by atoms with Gasteiger partial charge in [0, 0.05) is 35.6 Å². The van der Waals surface area contributed by atoms with Crippen molar-refractivity contribution in [1.82, 2.24) is 25.1 Å². The molecule has 1 N–H and O–H groups in total. The van der Waals surface area contributed by atoms with Crippen molar-refractivity contribution < 1.29 is 9.53 Å². The Hall–Kier alpha value is -3.71. The summed E-state index contributed by atoms with van der Waals surface area (Å²) in [4.78, 5) is 21.4. The van der Waals surface area contributed by atoms with Gasteiger partial charge < -0.3 is 10.1 Å². The Bertz CT molecular complexity index is 1350. The molecule has 0 radical (unpaired) electrons. The molecule has 0 aliphatic heterocycles. The van der Waals surface area contributed by atoms with Crippen LogP contribution in [0.1, 0.15) is 23.2 Å². The lowest BCUT2D eigenvalue weighted by molar-refractivity contribution is -0.117. The van der Waals surface area contributed by atoms with E-state index < -0.39 is 0 Å². The molecule has 5 rings (SSSR count). The zero-order valence-corrected chi connectivity index (χ0v) is 18.8. The Labute approximate surface area is 196 Å². The van der Waals surface area contributed by atoms with Crippen LogP contribution in [0.25, 0.3) is 22.8 Å². The van der Waals surface area contributed by atoms with Gasteiger partial charge in [0.05, 0.1) is 24.0 Å². The molecule has 4 aromatic rings. The maximum absolute atomic E-state index is 12.4. The first-order valence-corrected chi connectivity index (χ1v) is 11.1. The standard InChI is InChI=1S/C25H22ClN5O2/c1-33-24-11-9-21-25(29-24)22(12-13-27-21)31-15-17-14-19(7-8-20(17)30-31)28-23(32)10-4-16-2-5-18(26)6-3-16/h2-6,9-13,15,19H,7-8,14H2,1H3,(H,28,32)/b10-4+. The molecule has 1 unspecified atom stereocenters. The van der Waals surface area contributed by atoms with Crippen molar-refractivity contribution in [3.8, 4) is 11.6 Å². The number of nitrogens with zero attached hydrogens (tertiary/aromatic N) is 4. The van der Waals surface area contributed by atoms with Crippen LogP contribution in [0.15, 0.2) is 60.9 Å². The fourth-order valence-corrected chi connectivity index (χ4v) is 4.16. The quantitative estimate of drug-likeness (QED) is 0.453. The molecule has 166 valence electrons. The van der Waals surface area contributed by atoms with E-state index in [4.69, 9.17) is 21.4 Å². The highest BCUT2D eigenvalue weighted by molar-refractivity contribution is 6.30. The second-order valence-corrected chi connectivity index (χ2v) is 8.37. The topological polar surface area (TPSA) is 81.9 Å². The van der Waals surface area contributed by atoms with Gasteiger partial charge in [-0.2, -0.15) is 5.10 Å². The summed E-state index contributed by atoms with van der Waals surface area (Å²) in [5.74, 6) is 0.422. The van der Waals surface area contributed by atoms with E-state index in [1.54, 1.807) is 43.7 Å². The molecule has 33 heavy (non-hydrogen) atoms. The summed E-state index contributed by atoms with van der Waals surface area (Å²) in [6.45, 7) is 0. The molecular formula is C25H22ClN5O2. The number of aryl methyl sites for hydroxylation is 1. The minimum absolute atomic E-state index is 0.0601. The predicted octanol–water partition coefficient (Wildman–Crippen LogP) is 4.16. The number of nitrogens with one attached hydrogen (secondary N) is 1. The van der Waals surface area contributed by atoms with E-state index in [0.717, 1.165) is 52.8 Å². The Morgan fingerprint density at radius 1 is 1.21 bits per heavy atom. The zero-order chi connectivity index (χ0) is 22.8. The van der Waals surface area contributed by atoms with Crippen LogP contribution < -0.4 is 10.1 Å². The number of fused-ring (bicyclic) bond motifs is 2. The van der Waals surface area contributed by atoms with Crippen molar-refractivity contribution in [2.24, 2.45) is 0 Å². The highest BCUT2D eigenvalue weighted by Crippen LogP contribution is 2.25. The monoisotopic (exact) mass is 459 g/mol. The van der Waals surface area contributed by atoms with Crippen LogP contribution in [0.4, 0.5) is 0 Å². The molecule has 1 aliphatic rings. The second-order valence-electron chi connectivity index (χ2n) is 7.93. The van der Waals surface area contributed by atoms with Gasteiger partial charge in [0.15, 0.2) is 0 Å². The summed E-state index contributed by atoms with van der Waals surface area (Å²) in [5.41, 5.74) is 5.45. The number of rotatable bonds is 5. The number of ether oxygens (including phenoxy) is 1. The van der Waals surface area contributed by atoms with E-state index in [1.807, 2.05) is 35.1 Å². The first-order chi connectivity index (χ1) is 16.1. The van der Waals surface area contributed by atoms with Gasteiger partial charge in [-0.15, -0.1) is 0 Å². The molecular weight excluding hydrogens is 438 g/mol. The summed E-state index contributed by atoms with van der Waals surface area (Å²) in [6, 6.07) is 13.0. The summed E-state index contributed by atoms with van der Waals surface area (Å²) in [5, 5.41) is 8.57. The van der Waals surface area contributed by atoms with Crippen molar-refractivity contribution in [1.29, 1.82) is 0 Å². The lowest BCUT2D eigenvalue weighted by atomic mass is 9.93. The third kappa shape index (κ3) is 4.59. The first-order valence-electron chi connectivity index (χ1n) is 10.7. The van der Waals surface area contributed by atoms with E-state index in [9.17, 15) is 4.79 Å². The zero-order valence-electron chi connectivity index (χ0n) is 18.0. The molecule has 0 saturated heterocycles. The van der Waals surface area contributed by atoms with E-state index >= 15 is 0 Å². The Kier molecular flexibility index (Phi) is 5.79. The average molecular weight is 460 g/mol. The van der Waals surface area contributed by atoms with Crippen LogP contribution in [-0.4, -0.2) is 38.8 Å². The number of pyridine rings is 2. The summed E-state index contributed by atoms with van der Waals surface area (Å²) in [6.07, 6.45) is 9.49. The van der Waals surface area contributed by atoms with Crippen molar-refractivity contribution >= 4 is 34.6 Å². The summed E-state index contributed by atoms with van der Waals surface area (Å²) >= 11 is 5.91. The fraction of sp³-hybridized carbons (Fsp3) is 0.200. The van der Waals surface area contributed by atoms with Crippen LogP contribution in [-0.2, 0) is 17.6 Å². The SMILES string of the molecule is COc1ccc2nccc(-n3cc4c(n3)CCC(NC(=O)/C=C/c3ccc(Cl)cc3)C4)c2n1. The molecule has 8 heteroatoms. The number of carbonyl (C=O) groups is 1. The first kappa shape index (κ1) is 21.2. The van der Waals surface area contributed by atoms with E-state index in [1.165, 1.54) is 0 Å². The maximum Gasteiger partial charge on any atom is 0.244 e. The van der Waals surface area contributed by atoms with Crippen LogP contribution in [0.3, 0.4) is 0 Å². The van der Waals surface area contributed by atoms with Crippen LogP contribution >= 0.6 is 11.6 Å². The molecule has 1 aliphatic carbocycles. The number of methoxy groups -OCH3 is 1. The maximum atomic E-state index is 12.4. The number of hydrogen-bond acceptors (Lipinski definition) is 5. The largest absolute Gasteiger partial charge is 0.481 e. The van der Waals surface area contributed by atoms with Gasteiger partial charge in [-0.05, 0) is 60.7 Å². The van der Waals surface area contributed by atoms with Gasteiger partial charge in [0.25, 0.3) is 0 Å². The number of carbonyl (C=O) groups excluding carboxylic acids is 1. The fourth-order valence-electron chi connectivity index (χ4n) is 4.04. The smallest absolute Gasteiger partial charge is 0.244 e. The molecule has 1 atom stereocenters. The molecule has 3 aromatic heterocycles. The van der Waals surface area contributed by atoms with Crippen molar-refractivity contribution in [3.05, 3.63) is 82.8 Å². The molecule has 7 nitrogen and oxygen atoms in total. The van der Waals surface area contributed by atoms with Gasteiger partial charge in [0.1, 0.15) is 5.52 Å². The highest BCUT2D eigenvalue weighted by Gasteiger charge is 2.23. The molecule has 0 spiro atoms. The number of aromatic nitrogens is 4. The van der Waals surface area contributed by atoms with Crippen LogP contribution in [0.2, 0.25) is 5.02 Å². The lowest BCUT2D eigenvalue weighted by Crippen LogP contribution is -2.37. The molecule has 1 amide bonds. The van der Waals surface area contributed by atoms with Gasteiger partial charge >= 0.3 is 0 Å². The summed E-state index contributed by atoms with van der Waals surface area (Å²) < 4.78 is 7.13. The van der Waals surface area contributed by atoms with E-state index in [2.05, 4.69) is 15.3 Å². The van der Waals surface area contributed by atoms with Gasteiger partial charge in [-0.1, -0.05) is 23.7 Å². The van der Waals surface area contributed by atoms with E-state index in [-0.39, 0.29) is 11.9 Å². The van der Waals surface area contributed by atoms with Crippen LogP contribution in [0.5, 0.6) is 5.88 Å². The van der Waals surface area contributed by atoms with Gasteiger partial charge in [0.2, 0.25) is 11.8 Å². The van der Waals surface area contributed by atoms with Crippen LogP contribution in [0, 0.1) is 0 Å². The molecule has 3 heterocycles. The minimum atomic E-state index is -0.109. The molecule has 0 bridgehead atoms. The second kappa shape index (κ2) is 9.03. The van der Waals surface area contributed by atoms with Crippen molar-refractivity contribution in [2.45, 2.75) is 25.3 Å².